The Hall–Kier alpha value is -1.44. The number of nitrogens with one attached hydrogen (secondary N) is 2. The van der Waals surface area contributed by atoms with Crippen LogP contribution < -0.4 is 5.32 Å². The van der Waals surface area contributed by atoms with E-state index >= 15 is 0 Å². The number of hydrogen-bond acceptors (Lipinski definition) is 5. The second-order valence-corrected chi connectivity index (χ2v) is 7.81. The van der Waals surface area contributed by atoms with E-state index < -0.39 is 17.9 Å². The highest BCUT2D eigenvalue weighted by molar-refractivity contribution is 5.83. The summed E-state index contributed by atoms with van der Waals surface area (Å²) in [6, 6.07) is 8.34. The number of aromatic amines is 1. The molecular weight excluding hydrogens is 330 g/mol. The van der Waals surface area contributed by atoms with E-state index in [4.69, 9.17) is 0 Å². The summed E-state index contributed by atoms with van der Waals surface area (Å²) in [7, 11) is 0. The lowest BCUT2D eigenvalue weighted by Crippen LogP contribution is -2.59. The van der Waals surface area contributed by atoms with Gasteiger partial charge in [-0.05, 0) is 56.3 Å². The number of aromatic nitrogens is 1. The molecule has 6 nitrogen and oxygen atoms in total. The molecule has 0 radical (unpaired) electrons. The lowest BCUT2D eigenvalue weighted by molar-refractivity contribution is -0.180. The van der Waals surface area contributed by atoms with Crippen LogP contribution in [0.25, 0.3) is 10.9 Å². The average Bonchev–Trinajstić information content (AvgIpc) is 3.12. The maximum atomic E-state index is 10.7. The van der Waals surface area contributed by atoms with Crippen LogP contribution >= 0.6 is 0 Å². The van der Waals surface area contributed by atoms with Crippen molar-refractivity contribution in [1.29, 1.82) is 0 Å². The molecular formula is C20H29N3O3. The van der Waals surface area contributed by atoms with E-state index in [2.05, 4.69) is 34.7 Å². The van der Waals surface area contributed by atoms with Crippen LogP contribution in [0.2, 0.25) is 0 Å². The Balaban J connectivity index is 1.40. The molecule has 2 saturated heterocycles. The molecule has 0 amide bonds. The summed E-state index contributed by atoms with van der Waals surface area (Å²) in [6.07, 6.45) is 2.77. The van der Waals surface area contributed by atoms with Gasteiger partial charge in [-0.2, -0.15) is 0 Å². The van der Waals surface area contributed by atoms with Crippen molar-refractivity contribution in [3.63, 3.8) is 0 Å². The Morgan fingerprint density at radius 2 is 1.77 bits per heavy atom. The molecule has 2 aromatic rings. The minimum atomic E-state index is -1.20. The Kier molecular flexibility index (Phi) is 5.03. The minimum absolute atomic E-state index is 0.453. The normalized spacial score (nSPS) is 24.6. The van der Waals surface area contributed by atoms with Gasteiger partial charge in [0.15, 0.2) is 0 Å². The van der Waals surface area contributed by atoms with Crippen molar-refractivity contribution in [1.82, 2.24) is 15.2 Å². The Morgan fingerprint density at radius 3 is 2.50 bits per heavy atom. The van der Waals surface area contributed by atoms with Gasteiger partial charge in [-0.1, -0.05) is 18.2 Å². The second kappa shape index (κ2) is 7.29. The first-order valence-electron chi connectivity index (χ1n) is 9.68. The summed E-state index contributed by atoms with van der Waals surface area (Å²) in [5, 5.41) is 36.3. The van der Waals surface area contributed by atoms with Crippen molar-refractivity contribution < 1.29 is 15.3 Å². The van der Waals surface area contributed by atoms with E-state index in [0.29, 0.717) is 31.8 Å². The molecule has 4 rings (SSSR count). The average molecular weight is 359 g/mol. The van der Waals surface area contributed by atoms with Crippen LogP contribution in [-0.4, -0.2) is 69.3 Å². The molecule has 2 fully saturated rings. The maximum Gasteiger partial charge on any atom is 0.136 e. The predicted octanol–water partition coefficient (Wildman–Crippen LogP) is 1.14. The molecule has 1 aromatic carbocycles. The highest BCUT2D eigenvalue weighted by Gasteiger charge is 2.43. The third kappa shape index (κ3) is 3.28. The standard InChI is InChI=1S/C20H29N3O3/c24-18(20(26)7-9-21-10-8-20)19(25)23-11-5-14(6-12-23)16-13-22-17-4-2-1-3-15(16)17/h1-4,13-14,18-19,21-22,24-26H,5-12H2. The van der Waals surface area contributed by atoms with Crippen LogP contribution in [0.15, 0.2) is 30.5 Å². The molecule has 0 spiro atoms. The van der Waals surface area contributed by atoms with Crippen molar-refractivity contribution in [3.05, 3.63) is 36.0 Å². The zero-order valence-corrected chi connectivity index (χ0v) is 15.1. The van der Waals surface area contributed by atoms with Gasteiger partial charge in [0, 0.05) is 30.2 Å². The van der Waals surface area contributed by atoms with E-state index in [1.807, 2.05) is 11.0 Å². The van der Waals surface area contributed by atoms with Gasteiger partial charge in [0.05, 0.1) is 5.60 Å². The molecule has 2 aliphatic heterocycles. The molecule has 0 saturated carbocycles. The van der Waals surface area contributed by atoms with E-state index in [9.17, 15) is 15.3 Å². The molecule has 2 aliphatic rings. The number of benzene rings is 1. The number of nitrogens with zero attached hydrogens (tertiary/aromatic N) is 1. The first-order chi connectivity index (χ1) is 12.6. The van der Waals surface area contributed by atoms with E-state index in [-0.39, 0.29) is 0 Å². The van der Waals surface area contributed by atoms with Crippen molar-refractivity contribution in [3.8, 4) is 0 Å². The van der Waals surface area contributed by atoms with Gasteiger partial charge in [0.2, 0.25) is 0 Å². The van der Waals surface area contributed by atoms with Crippen molar-refractivity contribution >= 4 is 10.9 Å². The molecule has 2 atom stereocenters. The number of aliphatic hydroxyl groups is 3. The quantitative estimate of drug-likeness (QED) is 0.565. The third-order valence-electron chi connectivity index (χ3n) is 6.27. The number of H-pyrrole nitrogens is 1. The first-order valence-corrected chi connectivity index (χ1v) is 9.68. The number of likely N-dealkylation sites (tertiary alicyclic amines) is 1. The van der Waals surface area contributed by atoms with E-state index in [1.165, 1.54) is 10.9 Å². The molecule has 1 aromatic heterocycles. The number of para-hydroxylation sites is 1. The fourth-order valence-electron chi connectivity index (χ4n) is 4.54. The SMILES string of the molecule is OC(C(O)C1(O)CCNCC1)N1CCC(c2c[nH]c3ccccc23)CC1. The molecule has 2 unspecified atom stereocenters. The highest BCUT2D eigenvalue weighted by atomic mass is 16.4. The monoisotopic (exact) mass is 359 g/mol. The highest BCUT2D eigenvalue weighted by Crippen LogP contribution is 2.34. The van der Waals surface area contributed by atoms with Crippen LogP contribution in [-0.2, 0) is 0 Å². The summed E-state index contributed by atoms with van der Waals surface area (Å²) in [6.45, 7) is 2.78. The Bertz CT molecular complexity index is 733. The molecule has 0 aliphatic carbocycles. The van der Waals surface area contributed by atoms with Gasteiger partial charge >= 0.3 is 0 Å². The largest absolute Gasteiger partial charge is 0.387 e. The lowest BCUT2D eigenvalue weighted by atomic mass is 9.84. The van der Waals surface area contributed by atoms with Gasteiger partial charge in [-0.15, -0.1) is 0 Å². The topological polar surface area (TPSA) is 91.8 Å². The maximum absolute atomic E-state index is 10.7. The fraction of sp³-hybridized carbons (Fsp3) is 0.600. The van der Waals surface area contributed by atoms with Gasteiger partial charge in [-0.25, -0.2) is 0 Å². The summed E-state index contributed by atoms with van der Waals surface area (Å²) in [5.41, 5.74) is 1.30. The van der Waals surface area contributed by atoms with Gasteiger partial charge in [-0.3, -0.25) is 4.90 Å². The second-order valence-electron chi connectivity index (χ2n) is 7.81. The summed E-state index contributed by atoms with van der Waals surface area (Å²) < 4.78 is 0. The summed E-state index contributed by atoms with van der Waals surface area (Å²) in [5.74, 6) is 0.453. The molecule has 5 N–H and O–H groups in total. The number of fused-ring (bicyclic) bond motifs is 1. The lowest BCUT2D eigenvalue weighted by Gasteiger charge is -2.43. The van der Waals surface area contributed by atoms with E-state index in [1.54, 1.807) is 0 Å². The Labute approximate surface area is 153 Å². The van der Waals surface area contributed by atoms with Crippen molar-refractivity contribution in [2.75, 3.05) is 26.2 Å². The fourth-order valence-corrected chi connectivity index (χ4v) is 4.54. The van der Waals surface area contributed by atoms with E-state index in [0.717, 1.165) is 31.4 Å². The summed E-state index contributed by atoms with van der Waals surface area (Å²) in [4.78, 5) is 5.26. The van der Waals surface area contributed by atoms with Crippen LogP contribution in [0, 0.1) is 0 Å². The zero-order valence-electron chi connectivity index (χ0n) is 15.1. The molecule has 6 heteroatoms. The molecule has 3 heterocycles. The molecule has 0 bridgehead atoms. The zero-order chi connectivity index (χ0) is 18.1. The van der Waals surface area contributed by atoms with Crippen LogP contribution in [0.5, 0.6) is 0 Å². The molecule has 26 heavy (non-hydrogen) atoms. The van der Waals surface area contributed by atoms with Gasteiger partial charge in [0.25, 0.3) is 0 Å². The third-order valence-corrected chi connectivity index (χ3v) is 6.27. The minimum Gasteiger partial charge on any atom is -0.387 e. The predicted molar refractivity (Wildman–Crippen MR) is 101 cm³/mol. The van der Waals surface area contributed by atoms with Crippen LogP contribution in [0.4, 0.5) is 0 Å². The number of piperidine rings is 2. The van der Waals surface area contributed by atoms with Crippen LogP contribution in [0.3, 0.4) is 0 Å². The van der Waals surface area contributed by atoms with Gasteiger partial charge in [0.1, 0.15) is 12.3 Å². The van der Waals surface area contributed by atoms with Crippen LogP contribution in [0.1, 0.15) is 37.2 Å². The first kappa shape index (κ1) is 17.9. The van der Waals surface area contributed by atoms with Crippen molar-refractivity contribution in [2.24, 2.45) is 0 Å². The number of aliphatic hydroxyl groups excluding tert-OH is 2. The van der Waals surface area contributed by atoms with Crippen molar-refractivity contribution in [2.45, 2.75) is 49.5 Å². The molecule has 142 valence electrons. The Morgan fingerprint density at radius 1 is 1.08 bits per heavy atom. The summed E-state index contributed by atoms with van der Waals surface area (Å²) >= 11 is 0. The number of hydrogen-bond donors (Lipinski definition) is 5. The number of rotatable bonds is 4. The smallest absolute Gasteiger partial charge is 0.136 e. The van der Waals surface area contributed by atoms with Gasteiger partial charge < -0.3 is 25.6 Å².